The number of amides is 1. The lowest BCUT2D eigenvalue weighted by molar-refractivity contribution is -0.132. The molecule has 0 fully saturated rings. The highest BCUT2D eigenvalue weighted by molar-refractivity contribution is 5.79. The molecule has 0 aliphatic heterocycles. The lowest BCUT2D eigenvalue weighted by atomic mass is 10.2. The van der Waals surface area contributed by atoms with Gasteiger partial charge in [0.05, 0.1) is 30.6 Å². The molecule has 0 atom stereocenters. The molecule has 24 heavy (non-hydrogen) atoms. The Hall–Kier alpha value is -2.25. The molecule has 1 aromatic carbocycles. The second-order valence-electron chi connectivity index (χ2n) is 5.81. The van der Waals surface area contributed by atoms with Crippen LogP contribution in [-0.2, 0) is 16.1 Å². The van der Waals surface area contributed by atoms with Crippen LogP contribution in [0.25, 0.3) is 10.9 Å². The summed E-state index contributed by atoms with van der Waals surface area (Å²) in [5.74, 6) is 0.439. The van der Waals surface area contributed by atoms with E-state index in [2.05, 4.69) is 15.3 Å². The van der Waals surface area contributed by atoms with Crippen LogP contribution in [-0.4, -0.2) is 53.6 Å². The molecule has 7 nitrogen and oxygen atoms in total. The van der Waals surface area contributed by atoms with Crippen molar-refractivity contribution in [1.29, 1.82) is 0 Å². The van der Waals surface area contributed by atoms with E-state index >= 15 is 0 Å². The highest BCUT2D eigenvalue weighted by Crippen LogP contribution is 2.09. The molecule has 130 valence electrons. The average molecular weight is 332 g/mol. The van der Waals surface area contributed by atoms with E-state index in [-0.39, 0.29) is 30.6 Å². The Labute approximate surface area is 141 Å². The van der Waals surface area contributed by atoms with Gasteiger partial charge in [0, 0.05) is 19.7 Å². The first-order valence-electron chi connectivity index (χ1n) is 8.00. The SMILES string of the molecule is COCCNCC(=O)N(Cc1nc2ccccc2c(=O)[nH]1)C(C)C. The van der Waals surface area contributed by atoms with Gasteiger partial charge in [-0.25, -0.2) is 4.98 Å². The zero-order chi connectivity index (χ0) is 17.5. The summed E-state index contributed by atoms with van der Waals surface area (Å²) in [6.45, 7) is 5.52. The topological polar surface area (TPSA) is 87.3 Å². The maximum absolute atomic E-state index is 12.4. The molecule has 0 aliphatic carbocycles. The first-order valence-corrected chi connectivity index (χ1v) is 8.00. The average Bonchev–Trinajstić information content (AvgIpc) is 2.56. The van der Waals surface area contributed by atoms with Crippen molar-refractivity contribution in [1.82, 2.24) is 20.2 Å². The fraction of sp³-hybridized carbons (Fsp3) is 0.471. The van der Waals surface area contributed by atoms with E-state index in [4.69, 9.17) is 4.74 Å². The minimum Gasteiger partial charge on any atom is -0.383 e. The summed E-state index contributed by atoms with van der Waals surface area (Å²) in [6, 6.07) is 7.16. The van der Waals surface area contributed by atoms with Gasteiger partial charge in [0.15, 0.2) is 0 Å². The predicted molar refractivity (Wildman–Crippen MR) is 92.8 cm³/mol. The molecule has 2 aromatic rings. The smallest absolute Gasteiger partial charge is 0.258 e. The Morgan fingerprint density at radius 1 is 1.38 bits per heavy atom. The highest BCUT2D eigenvalue weighted by atomic mass is 16.5. The normalized spacial score (nSPS) is 11.2. The Kier molecular flexibility index (Phi) is 6.45. The third kappa shape index (κ3) is 4.62. The maximum Gasteiger partial charge on any atom is 0.258 e. The number of nitrogens with zero attached hydrogens (tertiary/aromatic N) is 2. The number of aromatic nitrogens is 2. The maximum atomic E-state index is 12.4. The number of H-pyrrole nitrogens is 1. The number of rotatable bonds is 8. The second kappa shape index (κ2) is 8.56. The molecule has 2 N–H and O–H groups in total. The largest absolute Gasteiger partial charge is 0.383 e. The lowest BCUT2D eigenvalue weighted by Crippen LogP contribution is -2.43. The fourth-order valence-corrected chi connectivity index (χ4v) is 2.40. The first kappa shape index (κ1) is 18.1. The van der Waals surface area contributed by atoms with E-state index in [9.17, 15) is 9.59 Å². The van der Waals surface area contributed by atoms with Gasteiger partial charge in [0.25, 0.3) is 5.56 Å². The molecular formula is C17H24N4O3. The number of benzene rings is 1. The molecule has 0 radical (unpaired) electrons. The molecular weight excluding hydrogens is 308 g/mol. The van der Waals surface area contributed by atoms with Crippen molar-refractivity contribution in [2.24, 2.45) is 0 Å². The van der Waals surface area contributed by atoms with Crippen LogP contribution in [0.4, 0.5) is 0 Å². The minimum absolute atomic E-state index is 0.00139. The van der Waals surface area contributed by atoms with E-state index < -0.39 is 0 Å². The van der Waals surface area contributed by atoms with Crippen LogP contribution in [0.3, 0.4) is 0 Å². The van der Waals surface area contributed by atoms with Gasteiger partial charge in [0.1, 0.15) is 5.82 Å². The zero-order valence-electron chi connectivity index (χ0n) is 14.3. The van der Waals surface area contributed by atoms with Gasteiger partial charge >= 0.3 is 0 Å². The zero-order valence-corrected chi connectivity index (χ0v) is 14.3. The van der Waals surface area contributed by atoms with E-state index in [0.717, 1.165) is 0 Å². The van der Waals surface area contributed by atoms with Gasteiger partial charge in [-0.15, -0.1) is 0 Å². The number of para-hydroxylation sites is 1. The van der Waals surface area contributed by atoms with Crippen molar-refractivity contribution in [2.75, 3.05) is 26.8 Å². The van der Waals surface area contributed by atoms with Crippen molar-refractivity contribution in [3.63, 3.8) is 0 Å². The van der Waals surface area contributed by atoms with E-state index in [1.165, 1.54) is 0 Å². The fourth-order valence-electron chi connectivity index (χ4n) is 2.40. The van der Waals surface area contributed by atoms with Crippen molar-refractivity contribution < 1.29 is 9.53 Å². The molecule has 0 aliphatic rings. The third-order valence-electron chi connectivity index (χ3n) is 3.68. The Morgan fingerprint density at radius 3 is 2.83 bits per heavy atom. The van der Waals surface area contributed by atoms with Crippen molar-refractivity contribution in [3.05, 3.63) is 40.4 Å². The van der Waals surface area contributed by atoms with Crippen LogP contribution in [0.2, 0.25) is 0 Å². The van der Waals surface area contributed by atoms with E-state index in [0.29, 0.717) is 29.9 Å². The summed E-state index contributed by atoms with van der Waals surface area (Å²) in [5.41, 5.74) is 0.440. The standard InChI is InChI=1S/C17H24N4O3/c1-12(2)21(16(22)10-18-8-9-24-3)11-15-19-14-7-5-4-6-13(14)17(23)20-15/h4-7,12,18H,8-11H2,1-3H3,(H,19,20,23). The Bertz CT molecular complexity index is 742. The molecule has 0 unspecified atom stereocenters. The summed E-state index contributed by atoms with van der Waals surface area (Å²) in [5, 5.41) is 3.59. The van der Waals surface area contributed by atoms with Crippen LogP contribution in [0.15, 0.2) is 29.1 Å². The van der Waals surface area contributed by atoms with Crippen molar-refractivity contribution in [2.45, 2.75) is 26.4 Å². The van der Waals surface area contributed by atoms with Crippen molar-refractivity contribution >= 4 is 16.8 Å². The highest BCUT2D eigenvalue weighted by Gasteiger charge is 2.18. The quantitative estimate of drug-likeness (QED) is 0.701. The molecule has 0 spiro atoms. The predicted octanol–water partition coefficient (Wildman–Crippen LogP) is 0.896. The molecule has 0 saturated heterocycles. The lowest BCUT2D eigenvalue weighted by Gasteiger charge is -2.26. The summed E-state index contributed by atoms with van der Waals surface area (Å²) in [6.07, 6.45) is 0. The second-order valence-corrected chi connectivity index (χ2v) is 5.81. The molecule has 1 amide bonds. The molecule has 7 heteroatoms. The van der Waals surface area contributed by atoms with E-state index in [1.54, 1.807) is 30.2 Å². The molecule has 1 aromatic heterocycles. The van der Waals surface area contributed by atoms with Gasteiger partial charge in [-0.05, 0) is 26.0 Å². The van der Waals surface area contributed by atoms with E-state index in [1.807, 2.05) is 19.9 Å². The number of carbonyl (C=O) groups is 1. The summed E-state index contributed by atoms with van der Waals surface area (Å²) < 4.78 is 4.94. The van der Waals surface area contributed by atoms with Crippen molar-refractivity contribution in [3.8, 4) is 0 Å². The van der Waals surface area contributed by atoms with Gasteiger partial charge in [0.2, 0.25) is 5.91 Å². The van der Waals surface area contributed by atoms with Crippen LogP contribution >= 0.6 is 0 Å². The van der Waals surface area contributed by atoms with Crippen LogP contribution < -0.4 is 10.9 Å². The van der Waals surface area contributed by atoms with Crippen LogP contribution in [0.1, 0.15) is 19.7 Å². The Morgan fingerprint density at radius 2 is 2.12 bits per heavy atom. The van der Waals surface area contributed by atoms with Crippen LogP contribution in [0.5, 0.6) is 0 Å². The molecule has 1 heterocycles. The van der Waals surface area contributed by atoms with Gasteiger partial charge in [-0.1, -0.05) is 12.1 Å². The molecule has 2 rings (SSSR count). The van der Waals surface area contributed by atoms with Gasteiger partial charge in [-0.2, -0.15) is 0 Å². The first-order chi connectivity index (χ1) is 11.5. The third-order valence-corrected chi connectivity index (χ3v) is 3.68. The number of methoxy groups -OCH3 is 1. The number of ether oxygens (including phenoxy) is 1. The summed E-state index contributed by atoms with van der Waals surface area (Å²) >= 11 is 0. The van der Waals surface area contributed by atoms with Gasteiger partial charge < -0.3 is 19.9 Å². The summed E-state index contributed by atoms with van der Waals surface area (Å²) in [4.78, 5) is 33.5. The number of aromatic amines is 1. The minimum atomic E-state index is -0.190. The monoisotopic (exact) mass is 332 g/mol. The number of carbonyl (C=O) groups excluding carboxylic acids is 1. The molecule has 0 bridgehead atoms. The molecule has 0 saturated carbocycles. The van der Waals surface area contributed by atoms with Crippen LogP contribution in [0, 0.1) is 0 Å². The number of hydrogen-bond acceptors (Lipinski definition) is 5. The number of fused-ring (bicyclic) bond motifs is 1. The number of nitrogens with one attached hydrogen (secondary N) is 2. The van der Waals surface area contributed by atoms with Gasteiger partial charge in [-0.3, -0.25) is 9.59 Å². The summed E-state index contributed by atoms with van der Waals surface area (Å²) in [7, 11) is 1.62. The Balaban J connectivity index is 2.13. The number of hydrogen-bond donors (Lipinski definition) is 2.